The molecule has 0 saturated heterocycles. The van der Waals surface area contributed by atoms with Gasteiger partial charge in [-0.3, -0.25) is 4.79 Å². The second-order valence-electron chi connectivity index (χ2n) is 6.15. The van der Waals surface area contributed by atoms with Crippen molar-refractivity contribution < 1.29 is 14.6 Å². The van der Waals surface area contributed by atoms with Gasteiger partial charge in [0.2, 0.25) is 5.91 Å². The molecule has 2 fully saturated rings. The number of benzene rings is 1. The Morgan fingerprint density at radius 2 is 1.76 bits per heavy atom. The largest absolute Gasteiger partial charge is 0.488 e. The third kappa shape index (κ3) is 3.56. The summed E-state index contributed by atoms with van der Waals surface area (Å²) < 4.78 is 5.84. The van der Waals surface area contributed by atoms with Crippen molar-refractivity contribution in [3.8, 4) is 5.75 Å². The molecule has 2 saturated carbocycles. The van der Waals surface area contributed by atoms with Crippen LogP contribution in [0.4, 0.5) is 5.69 Å². The highest BCUT2D eigenvalue weighted by Gasteiger charge is 2.26. The van der Waals surface area contributed by atoms with Crippen LogP contribution in [0.5, 0.6) is 5.75 Å². The van der Waals surface area contributed by atoms with Gasteiger partial charge in [-0.15, -0.1) is 0 Å². The Morgan fingerprint density at radius 1 is 1.05 bits per heavy atom. The lowest BCUT2D eigenvalue weighted by molar-refractivity contribution is -0.122. The van der Waals surface area contributed by atoms with Gasteiger partial charge >= 0.3 is 0 Å². The van der Waals surface area contributed by atoms with Gasteiger partial charge in [-0.05, 0) is 56.4 Å². The van der Waals surface area contributed by atoms with Crippen LogP contribution in [0, 0.1) is 5.92 Å². The predicted molar refractivity (Wildman–Crippen MR) is 81.3 cm³/mol. The molecule has 2 atom stereocenters. The quantitative estimate of drug-likeness (QED) is 0.895. The number of aliphatic hydroxyl groups excluding tert-OH is 1. The molecule has 0 bridgehead atoms. The molecule has 0 radical (unpaired) electrons. The minimum atomic E-state index is -0.364. The Hall–Kier alpha value is -1.55. The summed E-state index contributed by atoms with van der Waals surface area (Å²) in [6, 6.07) is 7.44. The van der Waals surface area contributed by atoms with Gasteiger partial charge in [0.25, 0.3) is 0 Å². The summed E-state index contributed by atoms with van der Waals surface area (Å²) in [5.74, 6) is 1.07. The lowest BCUT2D eigenvalue weighted by atomic mass is 9.85. The molecule has 0 spiro atoms. The van der Waals surface area contributed by atoms with Gasteiger partial charge < -0.3 is 15.2 Å². The van der Waals surface area contributed by atoms with E-state index in [1.165, 1.54) is 0 Å². The van der Waals surface area contributed by atoms with E-state index in [9.17, 15) is 9.90 Å². The fourth-order valence-corrected chi connectivity index (χ4v) is 2.92. The average molecular weight is 289 g/mol. The van der Waals surface area contributed by atoms with Gasteiger partial charge in [0, 0.05) is 11.6 Å². The zero-order valence-corrected chi connectivity index (χ0v) is 12.3. The number of nitrogens with one attached hydrogen (secondary N) is 1. The summed E-state index contributed by atoms with van der Waals surface area (Å²) in [6.45, 7) is 0. The summed E-state index contributed by atoms with van der Waals surface area (Å²) in [7, 11) is 0. The first-order chi connectivity index (χ1) is 10.2. The molecule has 4 heteroatoms. The number of ether oxygens (including phenoxy) is 1. The van der Waals surface area contributed by atoms with E-state index < -0.39 is 0 Å². The standard InChI is InChI=1S/C17H23NO3/c19-15-6-1-2-7-16(15)21-14-10-8-13(9-11-14)18-17(20)12-4-3-5-12/h8-12,15-16,19H,1-7H2,(H,18,20). The third-order valence-corrected chi connectivity index (χ3v) is 4.55. The minimum Gasteiger partial charge on any atom is -0.488 e. The van der Waals surface area contributed by atoms with E-state index in [1.54, 1.807) is 0 Å². The van der Waals surface area contributed by atoms with Crippen molar-refractivity contribution in [2.45, 2.75) is 57.2 Å². The first-order valence-electron chi connectivity index (χ1n) is 7.98. The average Bonchev–Trinajstić information content (AvgIpc) is 2.41. The molecule has 0 heterocycles. The molecular weight excluding hydrogens is 266 g/mol. The van der Waals surface area contributed by atoms with E-state index in [-0.39, 0.29) is 24.0 Å². The fraction of sp³-hybridized carbons (Fsp3) is 0.588. The molecular formula is C17H23NO3. The zero-order chi connectivity index (χ0) is 14.7. The van der Waals surface area contributed by atoms with Gasteiger partial charge in [-0.25, -0.2) is 0 Å². The van der Waals surface area contributed by atoms with E-state index in [0.29, 0.717) is 0 Å². The van der Waals surface area contributed by atoms with E-state index in [4.69, 9.17) is 4.74 Å². The Bertz CT molecular complexity index is 481. The van der Waals surface area contributed by atoms with Gasteiger partial charge in [0.1, 0.15) is 11.9 Å². The van der Waals surface area contributed by atoms with Crippen molar-refractivity contribution in [1.29, 1.82) is 0 Å². The molecule has 2 aliphatic rings. The molecule has 4 nitrogen and oxygen atoms in total. The summed E-state index contributed by atoms with van der Waals surface area (Å²) in [5, 5.41) is 12.9. The summed E-state index contributed by atoms with van der Waals surface area (Å²) in [5.41, 5.74) is 0.809. The van der Waals surface area contributed by atoms with Gasteiger partial charge in [0.15, 0.2) is 0 Å². The number of anilines is 1. The topological polar surface area (TPSA) is 58.6 Å². The molecule has 3 rings (SSSR count). The highest BCUT2D eigenvalue weighted by atomic mass is 16.5. The van der Waals surface area contributed by atoms with Crippen LogP contribution in [0.15, 0.2) is 24.3 Å². The van der Waals surface area contributed by atoms with Crippen molar-refractivity contribution in [3.63, 3.8) is 0 Å². The Balaban J connectivity index is 1.54. The van der Waals surface area contributed by atoms with Crippen molar-refractivity contribution in [2.24, 2.45) is 5.92 Å². The molecule has 1 aromatic carbocycles. The maximum Gasteiger partial charge on any atom is 0.227 e. The predicted octanol–water partition coefficient (Wildman–Crippen LogP) is 3.11. The maximum atomic E-state index is 11.9. The molecule has 1 amide bonds. The monoisotopic (exact) mass is 289 g/mol. The van der Waals surface area contributed by atoms with E-state index >= 15 is 0 Å². The molecule has 1 aromatic rings. The summed E-state index contributed by atoms with van der Waals surface area (Å²) in [6.07, 6.45) is 6.62. The molecule has 0 aromatic heterocycles. The van der Waals surface area contributed by atoms with Crippen LogP contribution in [0.1, 0.15) is 44.9 Å². The van der Waals surface area contributed by atoms with Crippen LogP contribution in [0.2, 0.25) is 0 Å². The number of carbonyl (C=O) groups is 1. The van der Waals surface area contributed by atoms with Crippen LogP contribution >= 0.6 is 0 Å². The van der Waals surface area contributed by atoms with Gasteiger partial charge in [0.05, 0.1) is 6.10 Å². The summed E-state index contributed by atoms with van der Waals surface area (Å²) in [4.78, 5) is 11.9. The number of aliphatic hydroxyl groups is 1. The Kier molecular flexibility index (Phi) is 4.44. The molecule has 2 N–H and O–H groups in total. The number of carbonyl (C=O) groups excluding carboxylic acids is 1. The van der Waals surface area contributed by atoms with Crippen molar-refractivity contribution in [3.05, 3.63) is 24.3 Å². The second-order valence-corrected chi connectivity index (χ2v) is 6.15. The highest BCUT2D eigenvalue weighted by Crippen LogP contribution is 2.28. The normalized spacial score (nSPS) is 26.0. The molecule has 114 valence electrons. The SMILES string of the molecule is O=C(Nc1ccc(OC2CCCCC2O)cc1)C1CCC1. The molecule has 2 unspecified atom stereocenters. The van der Waals surface area contributed by atoms with Crippen LogP contribution in [-0.2, 0) is 4.79 Å². The van der Waals surface area contributed by atoms with E-state index in [2.05, 4.69) is 5.32 Å². The first kappa shape index (κ1) is 14.4. The minimum absolute atomic E-state index is 0.103. The second kappa shape index (κ2) is 6.48. The van der Waals surface area contributed by atoms with Crippen LogP contribution in [-0.4, -0.2) is 23.2 Å². The Labute approximate surface area is 125 Å². The third-order valence-electron chi connectivity index (χ3n) is 4.55. The number of rotatable bonds is 4. The molecule has 2 aliphatic carbocycles. The summed E-state index contributed by atoms with van der Waals surface area (Å²) >= 11 is 0. The van der Waals surface area contributed by atoms with Gasteiger partial charge in [-0.2, -0.15) is 0 Å². The fourth-order valence-electron chi connectivity index (χ4n) is 2.92. The van der Waals surface area contributed by atoms with Gasteiger partial charge in [-0.1, -0.05) is 12.8 Å². The highest BCUT2D eigenvalue weighted by molar-refractivity contribution is 5.93. The number of hydrogen-bond donors (Lipinski definition) is 2. The molecule has 0 aliphatic heterocycles. The van der Waals surface area contributed by atoms with E-state index in [1.807, 2.05) is 24.3 Å². The maximum absolute atomic E-state index is 11.9. The number of hydrogen-bond acceptors (Lipinski definition) is 3. The van der Waals surface area contributed by atoms with Crippen molar-refractivity contribution >= 4 is 11.6 Å². The van der Waals surface area contributed by atoms with Crippen LogP contribution < -0.4 is 10.1 Å². The van der Waals surface area contributed by atoms with Crippen molar-refractivity contribution in [2.75, 3.05) is 5.32 Å². The lowest BCUT2D eigenvalue weighted by Gasteiger charge is -2.28. The van der Waals surface area contributed by atoms with Crippen molar-refractivity contribution in [1.82, 2.24) is 0 Å². The van der Waals surface area contributed by atoms with Crippen LogP contribution in [0.3, 0.4) is 0 Å². The zero-order valence-electron chi connectivity index (χ0n) is 12.3. The molecule has 21 heavy (non-hydrogen) atoms. The smallest absolute Gasteiger partial charge is 0.227 e. The lowest BCUT2D eigenvalue weighted by Crippen LogP contribution is -2.34. The van der Waals surface area contributed by atoms with Crippen LogP contribution in [0.25, 0.3) is 0 Å². The number of amides is 1. The first-order valence-corrected chi connectivity index (χ1v) is 7.98. The van der Waals surface area contributed by atoms with E-state index in [0.717, 1.165) is 56.4 Å². The Morgan fingerprint density at radius 3 is 2.38 bits per heavy atom.